The highest BCUT2D eigenvalue weighted by molar-refractivity contribution is 6.30. The molecule has 0 radical (unpaired) electrons. The van der Waals surface area contributed by atoms with Gasteiger partial charge in [-0.05, 0) is 36.5 Å². The van der Waals surface area contributed by atoms with Gasteiger partial charge in [0.2, 0.25) is 0 Å². The van der Waals surface area contributed by atoms with Gasteiger partial charge in [0.05, 0.1) is 0 Å². The molecule has 0 fully saturated rings. The second-order valence-electron chi connectivity index (χ2n) is 3.81. The summed E-state index contributed by atoms with van der Waals surface area (Å²) in [5, 5.41) is 0.766. The Bertz CT molecular complexity index is 302. The van der Waals surface area contributed by atoms with E-state index in [4.69, 9.17) is 27.9 Å². The number of hydrogen-bond acceptors (Lipinski definition) is 1. The second kappa shape index (κ2) is 7.94. The molecule has 0 saturated carbocycles. The van der Waals surface area contributed by atoms with E-state index in [0.29, 0.717) is 11.8 Å². The molecule has 0 N–H and O–H groups in total. The van der Waals surface area contributed by atoms with Crippen LogP contribution in [-0.2, 0) is 4.74 Å². The molecule has 1 nitrogen and oxygen atoms in total. The number of halogens is 2. The summed E-state index contributed by atoms with van der Waals surface area (Å²) >= 11 is 11.9. The summed E-state index contributed by atoms with van der Waals surface area (Å²) in [5.74, 6) is 0.938. The number of alkyl halides is 1. The maximum atomic E-state index is 5.97. The third-order valence-electron chi connectivity index (χ3n) is 2.47. The van der Waals surface area contributed by atoms with E-state index in [9.17, 15) is 0 Å². The first-order chi connectivity index (χ1) is 7.77. The molecule has 1 aromatic rings. The Morgan fingerprint density at radius 2 is 2.12 bits per heavy atom. The summed E-state index contributed by atoms with van der Waals surface area (Å²) in [4.78, 5) is 0. The lowest BCUT2D eigenvalue weighted by molar-refractivity contribution is 0.129. The van der Waals surface area contributed by atoms with Crippen LogP contribution in [0.5, 0.6) is 0 Å². The van der Waals surface area contributed by atoms with Crippen molar-refractivity contribution in [3.05, 3.63) is 34.9 Å². The van der Waals surface area contributed by atoms with E-state index >= 15 is 0 Å². The Kier molecular flexibility index (Phi) is 6.86. The Labute approximate surface area is 108 Å². The second-order valence-corrected chi connectivity index (χ2v) is 4.55. The van der Waals surface area contributed by atoms with E-state index < -0.39 is 0 Å². The van der Waals surface area contributed by atoms with E-state index in [0.717, 1.165) is 31.1 Å². The molecule has 0 aliphatic heterocycles. The van der Waals surface area contributed by atoms with Crippen LogP contribution in [0.3, 0.4) is 0 Å². The first-order valence-electron chi connectivity index (χ1n) is 5.67. The molecule has 0 amide bonds. The first kappa shape index (κ1) is 13.8. The largest absolute Gasteiger partial charge is 0.381 e. The molecule has 0 heterocycles. The smallest absolute Gasteiger partial charge is 0.0472 e. The van der Waals surface area contributed by atoms with Gasteiger partial charge in [-0.15, -0.1) is 11.6 Å². The summed E-state index contributed by atoms with van der Waals surface area (Å²) in [6.07, 6.45) is 2.01. The number of ether oxygens (including phenoxy) is 1. The van der Waals surface area contributed by atoms with Gasteiger partial charge in [-0.25, -0.2) is 0 Å². The highest BCUT2D eigenvalue weighted by Crippen LogP contribution is 2.23. The van der Waals surface area contributed by atoms with Crippen LogP contribution < -0.4 is 0 Å². The molecule has 1 rings (SSSR count). The van der Waals surface area contributed by atoms with Crippen molar-refractivity contribution in [2.24, 2.45) is 0 Å². The van der Waals surface area contributed by atoms with Crippen LogP contribution >= 0.6 is 23.2 Å². The van der Waals surface area contributed by atoms with Gasteiger partial charge in [-0.3, -0.25) is 0 Å². The lowest BCUT2D eigenvalue weighted by atomic mass is 9.98. The summed E-state index contributed by atoms with van der Waals surface area (Å²) in [5.41, 5.74) is 1.20. The monoisotopic (exact) mass is 260 g/mol. The van der Waals surface area contributed by atoms with E-state index in [1.165, 1.54) is 5.56 Å². The van der Waals surface area contributed by atoms with Crippen LogP contribution in [0.4, 0.5) is 0 Å². The molecule has 90 valence electrons. The van der Waals surface area contributed by atoms with E-state index in [2.05, 4.69) is 13.0 Å². The van der Waals surface area contributed by atoms with E-state index in [-0.39, 0.29) is 0 Å². The minimum absolute atomic E-state index is 0.331. The van der Waals surface area contributed by atoms with Crippen molar-refractivity contribution < 1.29 is 4.74 Å². The van der Waals surface area contributed by atoms with Crippen molar-refractivity contribution >= 4 is 23.2 Å². The first-order valence-corrected chi connectivity index (χ1v) is 6.58. The fourth-order valence-electron chi connectivity index (χ4n) is 1.57. The summed E-state index contributed by atoms with van der Waals surface area (Å²) in [6.45, 7) is 3.69. The van der Waals surface area contributed by atoms with Gasteiger partial charge in [-0.1, -0.05) is 30.7 Å². The maximum Gasteiger partial charge on any atom is 0.0472 e. The third kappa shape index (κ3) is 4.73. The van der Waals surface area contributed by atoms with Crippen LogP contribution in [0.15, 0.2) is 24.3 Å². The zero-order valence-corrected chi connectivity index (χ0v) is 11.1. The lowest BCUT2D eigenvalue weighted by Crippen LogP contribution is -2.06. The van der Waals surface area contributed by atoms with Gasteiger partial charge in [0.15, 0.2) is 0 Å². The van der Waals surface area contributed by atoms with Crippen molar-refractivity contribution in [1.29, 1.82) is 0 Å². The molecule has 1 atom stereocenters. The van der Waals surface area contributed by atoms with Crippen molar-refractivity contribution in [3.8, 4) is 0 Å². The predicted octanol–water partition coefficient (Wildman–Crippen LogP) is 4.48. The molecule has 0 aliphatic rings. The molecule has 3 heteroatoms. The number of benzene rings is 1. The molecule has 0 bridgehead atoms. The van der Waals surface area contributed by atoms with Gasteiger partial charge < -0.3 is 4.74 Å². The average molecular weight is 261 g/mol. The van der Waals surface area contributed by atoms with Crippen LogP contribution in [0.2, 0.25) is 5.02 Å². The molecular formula is C13H18Cl2O. The minimum atomic E-state index is 0.331. The fourth-order valence-corrected chi connectivity index (χ4v) is 2.10. The maximum absolute atomic E-state index is 5.97. The third-order valence-corrected chi connectivity index (χ3v) is 3.07. The summed E-state index contributed by atoms with van der Waals surface area (Å²) < 4.78 is 5.48. The average Bonchev–Trinajstić information content (AvgIpc) is 2.29. The molecule has 0 spiro atoms. The number of hydrogen-bond donors (Lipinski definition) is 0. The number of rotatable bonds is 7. The van der Waals surface area contributed by atoms with Crippen LogP contribution in [0.25, 0.3) is 0 Å². The zero-order chi connectivity index (χ0) is 11.8. The summed E-state index contributed by atoms with van der Waals surface area (Å²) in [6, 6.07) is 7.89. The SMILES string of the molecule is CCCOCCC(CCl)c1cccc(Cl)c1. The zero-order valence-electron chi connectivity index (χ0n) is 9.59. The molecule has 16 heavy (non-hydrogen) atoms. The topological polar surface area (TPSA) is 9.23 Å². The van der Waals surface area contributed by atoms with Crippen molar-refractivity contribution in [1.82, 2.24) is 0 Å². The quantitative estimate of drug-likeness (QED) is 0.519. The molecule has 1 unspecified atom stereocenters. The predicted molar refractivity (Wildman–Crippen MR) is 70.6 cm³/mol. The van der Waals surface area contributed by atoms with Gasteiger partial charge in [0.25, 0.3) is 0 Å². The van der Waals surface area contributed by atoms with Gasteiger partial charge in [-0.2, -0.15) is 0 Å². The van der Waals surface area contributed by atoms with Crippen LogP contribution in [0, 0.1) is 0 Å². The Morgan fingerprint density at radius 3 is 2.75 bits per heavy atom. The fraction of sp³-hybridized carbons (Fsp3) is 0.538. The van der Waals surface area contributed by atoms with Gasteiger partial charge >= 0.3 is 0 Å². The lowest BCUT2D eigenvalue weighted by Gasteiger charge is -2.14. The molecular weight excluding hydrogens is 243 g/mol. The molecule has 1 aromatic carbocycles. The van der Waals surface area contributed by atoms with E-state index in [1.54, 1.807) is 0 Å². The van der Waals surface area contributed by atoms with Gasteiger partial charge in [0, 0.05) is 24.1 Å². The van der Waals surface area contributed by atoms with E-state index in [1.807, 2.05) is 18.2 Å². The summed E-state index contributed by atoms with van der Waals surface area (Å²) in [7, 11) is 0. The minimum Gasteiger partial charge on any atom is -0.381 e. The molecule has 0 saturated heterocycles. The van der Waals surface area contributed by atoms with Gasteiger partial charge in [0.1, 0.15) is 0 Å². The van der Waals surface area contributed by atoms with Crippen LogP contribution in [-0.4, -0.2) is 19.1 Å². The van der Waals surface area contributed by atoms with Crippen molar-refractivity contribution in [2.75, 3.05) is 19.1 Å². The Morgan fingerprint density at radius 1 is 1.31 bits per heavy atom. The van der Waals surface area contributed by atoms with Crippen molar-refractivity contribution in [3.63, 3.8) is 0 Å². The van der Waals surface area contributed by atoms with Crippen LogP contribution in [0.1, 0.15) is 31.2 Å². The highest BCUT2D eigenvalue weighted by Gasteiger charge is 2.10. The standard InChI is InChI=1S/C13H18Cl2O/c1-2-7-16-8-6-12(10-14)11-4-3-5-13(15)9-11/h3-5,9,12H,2,6-8,10H2,1H3. The Balaban J connectivity index is 2.47. The molecule has 0 aliphatic carbocycles. The molecule has 0 aromatic heterocycles. The van der Waals surface area contributed by atoms with Crippen molar-refractivity contribution in [2.45, 2.75) is 25.7 Å². The highest BCUT2D eigenvalue weighted by atomic mass is 35.5. The Hall–Kier alpha value is -0.240. The normalized spacial score (nSPS) is 12.7.